The first-order valence-electron chi connectivity index (χ1n) is 9.45. The van der Waals surface area contributed by atoms with E-state index in [0.717, 1.165) is 23.7 Å². The third-order valence-corrected chi connectivity index (χ3v) is 6.38. The van der Waals surface area contributed by atoms with E-state index >= 15 is 0 Å². The zero-order valence-electron chi connectivity index (χ0n) is 16.0. The number of hydrogen-bond acceptors (Lipinski definition) is 4. The molecule has 1 N–H and O–H groups in total. The molecule has 1 aliphatic rings. The predicted molar refractivity (Wildman–Crippen MR) is 123 cm³/mol. The first-order chi connectivity index (χ1) is 14.5. The van der Waals surface area contributed by atoms with Crippen LogP contribution in [0.5, 0.6) is 0 Å². The van der Waals surface area contributed by atoms with Gasteiger partial charge < -0.3 is 15.1 Å². The summed E-state index contributed by atoms with van der Waals surface area (Å²) in [4.78, 5) is 29.9. The van der Waals surface area contributed by atoms with E-state index in [1.807, 2.05) is 46.7 Å². The second kappa shape index (κ2) is 9.08. The normalized spacial score (nSPS) is 13.9. The van der Waals surface area contributed by atoms with E-state index in [0.29, 0.717) is 34.4 Å². The lowest BCUT2D eigenvalue weighted by Gasteiger charge is -2.36. The number of hydrogen-bond donors (Lipinski definition) is 1. The zero-order valence-corrected chi connectivity index (χ0v) is 18.3. The highest BCUT2D eigenvalue weighted by Gasteiger charge is 2.23. The van der Waals surface area contributed by atoms with E-state index in [2.05, 4.69) is 10.2 Å². The molecule has 154 valence electrons. The quantitative estimate of drug-likeness (QED) is 0.577. The first kappa shape index (κ1) is 20.7. The fourth-order valence-electron chi connectivity index (χ4n) is 3.35. The third kappa shape index (κ3) is 4.61. The number of piperazine rings is 1. The Morgan fingerprint density at radius 1 is 0.933 bits per heavy atom. The summed E-state index contributed by atoms with van der Waals surface area (Å²) in [5.41, 5.74) is 2.06. The molecule has 30 heavy (non-hydrogen) atoms. The number of benzene rings is 2. The van der Waals surface area contributed by atoms with Gasteiger partial charge in [-0.1, -0.05) is 29.3 Å². The average Bonchev–Trinajstić information content (AvgIpc) is 3.30. The summed E-state index contributed by atoms with van der Waals surface area (Å²) >= 11 is 13.5. The van der Waals surface area contributed by atoms with Gasteiger partial charge in [-0.25, -0.2) is 0 Å². The number of nitrogens with one attached hydrogen (secondary N) is 1. The fourth-order valence-corrected chi connectivity index (χ4v) is 4.42. The predicted octanol–water partition coefficient (Wildman–Crippen LogP) is 5.27. The van der Waals surface area contributed by atoms with Crippen LogP contribution < -0.4 is 10.2 Å². The van der Waals surface area contributed by atoms with Crippen LogP contribution in [0.15, 0.2) is 60.0 Å². The molecular formula is C22H19Cl2N3O2S. The van der Waals surface area contributed by atoms with Crippen molar-refractivity contribution in [2.24, 2.45) is 0 Å². The SMILES string of the molecule is O=C(Nc1ccc(N2CCN(C(=O)c3cccs3)CC2)cc1)c1cc(Cl)ccc1Cl. The van der Waals surface area contributed by atoms with E-state index in [-0.39, 0.29) is 11.8 Å². The molecule has 0 aliphatic carbocycles. The van der Waals surface area contributed by atoms with Crippen molar-refractivity contribution >= 4 is 57.7 Å². The molecule has 5 nitrogen and oxygen atoms in total. The molecule has 2 amide bonds. The minimum Gasteiger partial charge on any atom is -0.368 e. The molecule has 0 bridgehead atoms. The Morgan fingerprint density at radius 2 is 1.67 bits per heavy atom. The van der Waals surface area contributed by atoms with E-state index in [4.69, 9.17) is 23.2 Å². The molecule has 2 aromatic carbocycles. The molecule has 4 rings (SSSR count). The average molecular weight is 460 g/mol. The van der Waals surface area contributed by atoms with Crippen LogP contribution >= 0.6 is 34.5 Å². The lowest BCUT2D eigenvalue weighted by Crippen LogP contribution is -2.48. The number of rotatable bonds is 4. The fraction of sp³-hybridized carbons (Fsp3) is 0.182. The molecule has 0 atom stereocenters. The monoisotopic (exact) mass is 459 g/mol. The largest absolute Gasteiger partial charge is 0.368 e. The van der Waals surface area contributed by atoms with Crippen molar-refractivity contribution in [2.45, 2.75) is 0 Å². The summed E-state index contributed by atoms with van der Waals surface area (Å²) in [7, 11) is 0. The van der Waals surface area contributed by atoms with Crippen LogP contribution in [0, 0.1) is 0 Å². The molecule has 0 saturated carbocycles. The van der Waals surface area contributed by atoms with Crippen LogP contribution in [0.3, 0.4) is 0 Å². The number of nitrogens with zero attached hydrogens (tertiary/aromatic N) is 2. The number of carbonyl (C=O) groups is 2. The van der Waals surface area contributed by atoms with E-state index < -0.39 is 0 Å². The van der Waals surface area contributed by atoms with Gasteiger partial charge in [0.05, 0.1) is 15.5 Å². The standard InChI is InChI=1S/C22H19Cl2N3O2S/c23-15-3-8-19(24)18(14-15)21(28)25-16-4-6-17(7-5-16)26-9-11-27(12-10-26)22(29)20-2-1-13-30-20/h1-8,13-14H,9-12H2,(H,25,28). The third-order valence-electron chi connectivity index (χ3n) is 4.96. The maximum atomic E-state index is 12.5. The Hall–Kier alpha value is -2.54. The van der Waals surface area contributed by atoms with Gasteiger partial charge in [0.2, 0.25) is 0 Å². The second-order valence-electron chi connectivity index (χ2n) is 6.88. The van der Waals surface area contributed by atoms with Crippen molar-refractivity contribution in [1.29, 1.82) is 0 Å². The minimum atomic E-state index is -0.309. The number of anilines is 2. The molecule has 0 unspecified atom stereocenters. The molecule has 2 heterocycles. The van der Waals surface area contributed by atoms with Crippen LogP contribution in [0.2, 0.25) is 10.0 Å². The lowest BCUT2D eigenvalue weighted by molar-refractivity contribution is 0.0751. The molecule has 3 aromatic rings. The van der Waals surface area contributed by atoms with Gasteiger partial charge in [0.1, 0.15) is 0 Å². The van der Waals surface area contributed by atoms with Gasteiger partial charge >= 0.3 is 0 Å². The summed E-state index contributed by atoms with van der Waals surface area (Å²) in [6, 6.07) is 16.2. The van der Waals surface area contributed by atoms with Crippen molar-refractivity contribution in [3.05, 3.63) is 80.5 Å². The summed E-state index contributed by atoms with van der Waals surface area (Å²) in [5.74, 6) is -0.210. The molecule has 1 fully saturated rings. The minimum absolute atomic E-state index is 0.0994. The van der Waals surface area contributed by atoms with Crippen molar-refractivity contribution in [3.63, 3.8) is 0 Å². The number of halogens is 2. The second-order valence-corrected chi connectivity index (χ2v) is 8.67. The Kier molecular flexibility index (Phi) is 6.27. The highest BCUT2D eigenvalue weighted by atomic mass is 35.5. The van der Waals surface area contributed by atoms with Gasteiger partial charge in [-0.15, -0.1) is 11.3 Å². The van der Waals surface area contributed by atoms with E-state index in [9.17, 15) is 9.59 Å². The van der Waals surface area contributed by atoms with Crippen LogP contribution in [-0.4, -0.2) is 42.9 Å². The summed E-state index contributed by atoms with van der Waals surface area (Å²) in [6.45, 7) is 2.90. The highest BCUT2D eigenvalue weighted by molar-refractivity contribution is 7.12. The lowest BCUT2D eigenvalue weighted by atomic mass is 10.2. The van der Waals surface area contributed by atoms with Crippen molar-refractivity contribution in [3.8, 4) is 0 Å². The van der Waals surface area contributed by atoms with E-state index in [1.165, 1.54) is 11.3 Å². The molecular weight excluding hydrogens is 441 g/mol. The van der Waals surface area contributed by atoms with Crippen LogP contribution in [0.25, 0.3) is 0 Å². The van der Waals surface area contributed by atoms with Gasteiger partial charge in [-0.2, -0.15) is 0 Å². The van der Waals surface area contributed by atoms with Crippen molar-refractivity contribution < 1.29 is 9.59 Å². The van der Waals surface area contributed by atoms with Crippen LogP contribution in [0.4, 0.5) is 11.4 Å². The molecule has 0 spiro atoms. The number of amides is 2. The smallest absolute Gasteiger partial charge is 0.264 e. The number of thiophene rings is 1. The Morgan fingerprint density at radius 3 is 2.33 bits per heavy atom. The highest BCUT2D eigenvalue weighted by Crippen LogP contribution is 2.24. The summed E-state index contributed by atoms with van der Waals surface area (Å²) in [5, 5.41) is 5.57. The van der Waals surface area contributed by atoms with Gasteiger partial charge in [-0.05, 0) is 53.9 Å². The topological polar surface area (TPSA) is 52.7 Å². The van der Waals surface area contributed by atoms with Gasteiger partial charge in [0, 0.05) is 42.6 Å². The summed E-state index contributed by atoms with van der Waals surface area (Å²) in [6.07, 6.45) is 0. The first-order valence-corrected chi connectivity index (χ1v) is 11.1. The van der Waals surface area contributed by atoms with E-state index in [1.54, 1.807) is 18.2 Å². The molecule has 8 heteroatoms. The maximum absolute atomic E-state index is 12.5. The molecule has 0 radical (unpaired) electrons. The molecule has 1 aliphatic heterocycles. The number of carbonyl (C=O) groups excluding carboxylic acids is 2. The Bertz CT molecular complexity index is 1050. The maximum Gasteiger partial charge on any atom is 0.264 e. The van der Waals surface area contributed by atoms with Crippen LogP contribution in [0.1, 0.15) is 20.0 Å². The van der Waals surface area contributed by atoms with Gasteiger partial charge in [0.15, 0.2) is 0 Å². The Labute approximate surface area is 188 Å². The molecule has 1 aromatic heterocycles. The zero-order chi connectivity index (χ0) is 21.1. The Balaban J connectivity index is 1.35. The van der Waals surface area contributed by atoms with Crippen LogP contribution in [-0.2, 0) is 0 Å². The summed E-state index contributed by atoms with van der Waals surface area (Å²) < 4.78 is 0. The van der Waals surface area contributed by atoms with Gasteiger partial charge in [-0.3, -0.25) is 9.59 Å². The van der Waals surface area contributed by atoms with Crippen molar-refractivity contribution in [1.82, 2.24) is 4.90 Å². The van der Waals surface area contributed by atoms with Crippen molar-refractivity contribution in [2.75, 3.05) is 36.4 Å². The molecule has 1 saturated heterocycles. The van der Waals surface area contributed by atoms with Gasteiger partial charge in [0.25, 0.3) is 11.8 Å².